The summed E-state index contributed by atoms with van der Waals surface area (Å²) in [4.78, 5) is 29.6. The van der Waals surface area contributed by atoms with Crippen LogP contribution in [-0.4, -0.2) is 33.6 Å². The topological polar surface area (TPSA) is 88.2 Å². The molecule has 134 valence electrons. The average molecular weight is 370 g/mol. The Hall–Kier alpha value is -3.00. The molecule has 3 rings (SSSR count). The van der Waals surface area contributed by atoms with Crippen molar-refractivity contribution in [2.75, 3.05) is 11.4 Å². The molecule has 8 heteroatoms. The highest BCUT2D eigenvalue weighted by Crippen LogP contribution is 2.22. The number of nitrogens with zero attached hydrogens (tertiary/aromatic N) is 3. The molecule has 0 aliphatic heterocycles. The third kappa shape index (κ3) is 3.97. The van der Waals surface area contributed by atoms with Crippen molar-refractivity contribution in [3.8, 4) is 11.3 Å². The fraction of sp³-hybridized carbons (Fsp3) is 0.222. The summed E-state index contributed by atoms with van der Waals surface area (Å²) in [7, 11) is 0. The normalized spacial score (nSPS) is 10.5. The lowest BCUT2D eigenvalue weighted by molar-refractivity contribution is -0.116. The number of hydrogen-bond donors (Lipinski definition) is 1. The summed E-state index contributed by atoms with van der Waals surface area (Å²) in [6.45, 7) is 3.95. The molecule has 2 aromatic heterocycles. The zero-order chi connectivity index (χ0) is 18.5. The Morgan fingerprint density at radius 2 is 2.04 bits per heavy atom. The molecule has 1 amide bonds. The molecule has 0 unspecified atom stereocenters. The summed E-state index contributed by atoms with van der Waals surface area (Å²) < 4.78 is 5.28. The van der Waals surface area contributed by atoms with Crippen molar-refractivity contribution in [1.82, 2.24) is 15.2 Å². The monoisotopic (exact) mass is 370 g/mol. The molecule has 26 heavy (non-hydrogen) atoms. The Kier molecular flexibility index (Phi) is 5.43. The zero-order valence-corrected chi connectivity index (χ0v) is 15.2. The first kappa shape index (κ1) is 17.8. The Morgan fingerprint density at radius 1 is 1.27 bits per heavy atom. The number of esters is 1. The second-order valence-electron chi connectivity index (χ2n) is 5.49. The molecule has 1 N–H and O–H groups in total. The fourth-order valence-electron chi connectivity index (χ4n) is 2.38. The molecule has 0 bridgehead atoms. The number of hydrogen-bond acceptors (Lipinski definition) is 6. The van der Waals surface area contributed by atoms with Crippen molar-refractivity contribution in [2.24, 2.45) is 0 Å². The van der Waals surface area contributed by atoms with E-state index in [1.54, 1.807) is 16.3 Å². The van der Waals surface area contributed by atoms with Crippen LogP contribution >= 0.6 is 11.3 Å². The lowest BCUT2D eigenvalue weighted by atomic mass is 10.1. The number of nitrogens with one attached hydrogen (secondary N) is 1. The van der Waals surface area contributed by atoms with Gasteiger partial charge in [-0.15, -0.1) is 11.3 Å². The van der Waals surface area contributed by atoms with Gasteiger partial charge in [-0.2, -0.15) is 5.10 Å². The van der Waals surface area contributed by atoms with Crippen molar-refractivity contribution in [3.63, 3.8) is 0 Å². The first-order valence-electron chi connectivity index (χ1n) is 8.09. The smallest absolute Gasteiger partial charge is 0.356 e. The van der Waals surface area contributed by atoms with Crippen LogP contribution in [0.1, 0.15) is 30.0 Å². The van der Waals surface area contributed by atoms with E-state index >= 15 is 0 Å². The zero-order valence-electron chi connectivity index (χ0n) is 14.4. The van der Waals surface area contributed by atoms with Gasteiger partial charge in [-0.1, -0.05) is 30.3 Å². The predicted octanol–water partition coefficient (Wildman–Crippen LogP) is 3.26. The molecular formula is C18H18N4O3S. The predicted molar refractivity (Wildman–Crippen MR) is 99.0 cm³/mol. The standard InChI is InChI=1S/C18H18N4O3S/c1-3-22(12(2)23)18-19-14(11-26-18)10-25-17(24)16-9-15(20-21-16)13-7-5-4-6-8-13/h4-9,11H,3,10H2,1-2H3,(H,20,21). The third-order valence-electron chi connectivity index (χ3n) is 3.69. The Morgan fingerprint density at radius 3 is 2.73 bits per heavy atom. The Labute approximate surface area is 154 Å². The Bertz CT molecular complexity index is 904. The van der Waals surface area contributed by atoms with E-state index in [-0.39, 0.29) is 18.2 Å². The van der Waals surface area contributed by atoms with Gasteiger partial charge in [0.05, 0.1) is 11.4 Å². The number of rotatable bonds is 6. The number of carbonyl (C=O) groups excluding carboxylic acids is 2. The van der Waals surface area contributed by atoms with Crippen LogP contribution in [0.2, 0.25) is 0 Å². The fourth-order valence-corrected chi connectivity index (χ4v) is 3.30. The molecule has 0 fully saturated rings. The second-order valence-corrected chi connectivity index (χ2v) is 6.33. The van der Waals surface area contributed by atoms with Crippen molar-refractivity contribution in [1.29, 1.82) is 0 Å². The maximum Gasteiger partial charge on any atom is 0.356 e. The molecule has 0 radical (unpaired) electrons. The van der Waals surface area contributed by atoms with Gasteiger partial charge >= 0.3 is 5.97 Å². The molecule has 0 aliphatic rings. The lowest BCUT2D eigenvalue weighted by Gasteiger charge is -2.14. The number of H-pyrrole nitrogens is 1. The van der Waals surface area contributed by atoms with E-state index < -0.39 is 5.97 Å². The summed E-state index contributed by atoms with van der Waals surface area (Å²) in [6, 6.07) is 11.2. The molecule has 0 spiro atoms. The number of aromatic amines is 1. The molecule has 0 atom stereocenters. The van der Waals surface area contributed by atoms with Gasteiger partial charge in [-0.25, -0.2) is 9.78 Å². The first-order chi connectivity index (χ1) is 12.6. The van der Waals surface area contributed by atoms with Crippen LogP contribution in [0.3, 0.4) is 0 Å². The van der Waals surface area contributed by atoms with Gasteiger partial charge in [0.15, 0.2) is 5.13 Å². The van der Waals surface area contributed by atoms with Gasteiger partial charge in [-0.05, 0) is 13.0 Å². The highest BCUT2D eigenvalue weighted by atomic mass is 32.1. The second kappa shape index (κ2) is 7.92. The summed E-state index contributed by atoms with van der Waals surface area (Å²) >= 11 is 1.34. The summed E-state index contributed by atoms with van der Waals surface area (Å²) in [5, 5.41) is 9.20. The van der Waals surface area contributed by atoms with Crippen LogP contribution in [0.15, 0.2) is 41.8 Å². The quantitative estimate of drug-likeness (QED) is 0.673. The van der Waals surface area contributed by atoms with Gasteiger partial charge in [0.1, 0.15) is 12.3 Å². The van der Waals surface area contributed by atoms with Gasteiger partial charge in [0, 0.05) is 24.4 Å². The third-order valence-corrected chi connectivity index (χ3v) is 4.60. The van der Waals surface area contributed by atoms with Crippen molar-refractivity contribution < 1.29 is 14.3 Å². The van der Waals surface area contributed by atoms with E-state index in [0.717, 1.165) is 5.56 Å². The minimum atomic E-state index is -0.506. The minimum absolute atomic E-state index is 0.0322. The summed E-state index contributed by atoms with van der Waals surface area (Å²) in [5.41, 5.74) is 2.46. The molecule has 0 aliphatic carbocycles. The molecule has 7 nitrogen and oxygen atoms in total. The molecule has 0 saturated heterocycles. The molecule has 1 aromatic carbocycles. The minimum Gasteiger partial charge on any atom is -0.454 e. The van der Waals surface area contributed by atoms with Gasteiger partial charge in [0.2, 0.25) is 5.91 Å². The van der Waals surface area contributed by atoms with E-state index in [1.165, 1.54) is 18.3 Å². The number of benzene rings is 1. The van der Waals surface area contributed by atoms with Crippen LogP contribution < -0.4 is 4.90 Å². The highest BCUT2D eigenvalue weighted by Gasteiger charge is 2.16. The van der Waals surface area contributed by atoms with Crippen LogP contribution in [0.4, 0.5) is 5.13 Å². The van der Waals surface area contributed by atoms with Gasteiger partial charge in [-0.3, -0.25) is 14.8 Å². The SMILES string of the molecule is CCN(C(C)=O)c1nc(COC(=O)c2cc(-c3ccccc3)n[nH]2)cs1. The van der Waals surface area contributed by atoms with E-state index in [2.05, 4.69) is 15.2 Å². The molecule has 2 heterocycles. The Balaban J connectivity index is 1.62. The van der Waals surface area contributed by atoms with Crippen LogP contribution in [-0.2, 0) is 16.1 Å². The van der Waals surface area contributed by atoms with E-state index in [9.17, 15) is 9.59 Å². The number of aromatic nitrogens is 3. The van der Waals surface area contributed by atoms with Crippen LogP contribution in [0, 0.1) is 0 Å². The number of anilines is 1. The average Bonchev–Trinajstić information content (AvgIpc) is 3.31. The van der Waals surface area contributed by atoms with Crippen LogP contribution in [0.5, 0.6) is 0 Å². The molecular weight excluding hydrogens is 352 g/mol. The number of carbonyl (C=O) groups is 2. The lowest BCUT2D eigenvalue weighted by Crippen LogP contribution is -2.27. The highest BCUT2D eigenvalue weighted by molar-refractivity contribution is 7.14. The molecule has 3 aromatic rings. The summed E-state index contributed by atoms with van der Waals surface area (Å²) in [6.07, 6.45) is 0. The largest absolute Gasteiger partial charge is 0.454 e. The summed E-state index contributed by atoms with van der Waals surface area (Å²) in [5.74, 6) is -0.579. The first-order valence-corrected chi connectivity index (χ1v) is 8.97. The van der Waals surface area contributed by atoms with Gasteiger partial charge < -0.3 is 4.74 Å². The van der Waals surface area contributed by atoms with Crippen molar-refractivity contribution in [3.05, 3.63) is 53.2 Å². The number of amides is 1. The van der Waals surface area contributed by atoms with E-state index in [4.69, 9.17) is 4.74 Å². The maximum absolute atomic E-state index is 12.2. The number of thiazole rings is 1. The van der Waals surface area contributed by atoms with Crippen molar-refractivity contribution >= 4 is 28.3 Å². The van der Waals surface area contributed by atoms with E-state index in [0.29, 0.717) is 23.1 Å². The van der Waals surface area contributed by atoms with Crippen molar-refractivity contribution in [2.45, 2.75) is 20.5 Å². The maximum atomic E-state index is 12.2. The van der Waals surface area contributed by atoms with E-state index in [1.807, 2.05) is 37.3 Å². The number of ether oxygens (including phenoxy) is 1. The van der Waals surface area contributed by atoms with Gasteiger partial charge in [0.25, 0.3) is 0 Å². The molecule has 0 saturated carbocycles. The van der Waals surface area contributed by atoms with Crippen LogP contribution in [0.25, 0.3) is 11.3 Å².